The smallest absolute Gasteiger partial charge is 0.125 e. The SMILES string of the molecule is CC1(c2nc(CC(O)c3ccccc3)cs2)CCCO1. The number of thiazole rings is 1. The van der Waals surface area contributed by atoms with Crippen LogP contribution in [0.5, 0.6) is 0 Å². The van der Waals surface area contributed by atoms with Crippen molar-refractivity contribution in [3.63, 3.8) is 0 Å². The Morgan fingerprint density at radius 1 is 1.40 bits per heavy atom. The molecule has 106 valence electrons. The highest BCUT2D eigenvalue weighted by Crippen LogP contribution is 2.37. The number of hydrogen-bond donors (Lipinski definition) is 1. The summed E-state index contributed by atoms with van der Waals surface area (Å²) in [6.45, 7) is 2.92. The number of aliphatic hydroxyl groups is 1. The monoisotopic (exact) mass is 289 g/mol. The summed E-state index contributed by atoms with van der Waals surface area (Å²) < 4.78 is 5.81. The molecule has 1 saturated heterocycles. The Labute approximate surface area is 123 Å². The van der Waals surface area contributed by atoms with E-state index >= 15 is 0 Å². The molecule has 2 atom stereocenters. The van der Waals surface area contributed by atoms with Gasteiger partial charge < -0.3 is 9.84 Å². The van der Waals surface area contributed by atoms with Gasteiger partial charge in [0.1, 0.15) is 10.6 Å². The van der Waals surface area contributed by atoms with Gasteiger partial charge in [0, 0.05) is 18.4 Å². The van der Waals surface area contributed by atoms with Crippen LogP contribution in [-0.4, -0.2) is 16.7 Å². The summed E-state index contributed by atoms with van der Waals surface area (Å²) >= 11 is 1.64. The van der Waals surface area contributed by atoms with Crippen LogP contribution in [0.1, 0.15) is 42.1 Å². The molecule has 2 heterocycles. The zero-order valence-electron chi connectivity index (χ0n) is 11.6. The van der Waals surface area contributed by atoms with Gasteiger partial charge in [-0.25, -0.2) is 4.98 Å². The van der Waals surface area contributed by atoms with E-state index in [1.54, 1.807) is 11.3 Å². The minimum atomic E-state index is -0.497. The van der Waals surface area contributed by atoms with E-state index in [1.807, 2.05) is 35.7 Å². The van der Waals surface area contributed by atoms with Crippen LogP contribution in [0, 0.1) is 0 Å². The largest absolute Gasteiger partial charge is 0.388 e. The molecule has 1 aliphatic rings. The van der Waals surface area contributed by atoms with Gasteiger partial charge in [-0.2, -0.15) is 0 Å². The van der Waals surface area contributed by atoms with Gasteiger partial charge in [0.25, 0.3) is 0 Å². The number of nitrogens with zero attached hydrogens (tertiary/aromatic N) is 1. The van der Waals surface area contributed by atoms with Gasteiger partial charge in [0.05, 0.1) is 11.8 Å². The van der Waals surface area contributed by atoms with Crippen LogP contribution in [0.4, 0.5) is 0 Å². The molecule has 0 bridgehead atoms. The van der Waals surface area contributed by atoms with Crippen molar-refractivity contribution in [1.29, 1.82) is 0 Å². The van der Waals surface area contributed by atoms with Gasteiger partial charge in [0.15, 0.2) is 0 Å². The van der Waals surface area contributed by atoms with E-state index in [1.165, 1.54) is 0 Å². The average Bonchev–Trinajstić information content (AvgIpc) is 3.10. The highest BCUT2D eigenvalue weighted by molar-refractivity contribution is 7.09. The third kappa shape index (κ3) is 2.77. The minimum absolute atomic E-state index is 0.222. The predicted molar refractivity (Wildman–Crippen MR) is 79.8 cm³/mol. The van der Waals surface area contributed by atoms with E-state index in [2.05, 4.69) is 11.9 Å². The first-order chi connectivity index (χ1) is 9.67. The Bertz CT molecular complexity index is 561. The molecule has 0 spiro atoms. The molecule has 1 aromatic heterocycles. The van der Waals surface area contributed by atoms with E-state index < -0.39 is 6.10 Å². The first-order valence-corrected chi connectivity index (χ1v) is 7.87. The topological polar surface area (TPSA) is 42.4 Å². The maximum absolute atomic E-state index is 10.2. The van der Waals surface area contributed by atoms with Crippen molar-refractivity contribution >= 4 is 11.3 Å². The fourth-order valence-corrected chi connectivity index (χ4v) is 3.56. The number of aromatic nitrogens is 1. The minimum Gasteiger partial charge on any atom is -0.388 e. The molecule has 1 aliphatic heterocycles. The van der Waals surface area contributed by atoms with E-state index in [4.69, 9.17) is 4.74 Å². The maximum Gasteiger partial charge on any atom is 0.125 e. The van der Waals surface area contributed by atoms with Crippen LogP contribution >= 0.6 is 11.3 Å². The van der Waals surface area contributed by atoms with Crippen molar-refractivity contribution in [1.82, 2.24) is 4.98 Å². The highest BCUT2D eigenvalue weighted by Gasteiger charge is 2.34. The number of aliphatic hydroxyl groups excluding tert-OH is 1. The van der Waals surface area contributed by atoms with Crippen molar-refractivity contribution < 1.29 is 9.84 Å². The van der Waals surface area contributed by atoms with E-state index in [0.29, 0.717) is 6.42 Å². The molecule has 1 aromatic carbocycles. The van der Waals surface area contributed by atoms with E-state index in [9.17, 15) is 5.11 Å². The van der Waals surface area contributed by atoms with Gasteiger partial charge in [-0.15, -0.1) is 11.3 Å². The zero-order chi connectivity index (χ0) is 14.0. The summed E-state index contributed by atoms with van der Waals surface area (Å²) in [7, 11) is 0. The molecule has 2 unspecified atom stereocenters. The maximum atomic E-state index is 10.2. The van der Waals surface area contributed by atoms with E-state index in [0.717, 1.165) is 35.7 Å². The Kier molecular flexibility index (Phi) is 3.87. The molecular formula is C16H19NO2S. The first-order valence-electron chi connectivity index (χ1n) is 6.99. The second-order valence-electron chi connectivity index (χ2n) is 5.46. The highest BCUT2D eigenvalue weighted by atomic mass is 32.1. The summed E-state index contributed by atoms with van der Waals surface area (Å²) in [5.41, 5.74) is 1.66. The molecule has 0 aliphatic carbocycles. The standard InChI is InChI=1S/C16H19NO2S/c1-16(8-5-9-19-16)15-17-13(11-20-15)10-14(18)12-6-3-2-4-7-12/h2-4,6-7,11,14,18H,5,8-10H2,1H3. The third-order valence-electron chi connectivity index (χ3n) is 3.81. The second kappa shape index (κ2) is 5.64. The molecular weight excluding hydrogens is 270 g/mol. The van der Waals surface area contributed by atoms with Crippen molar-refractivity contribution in [2.45, 2.75) is 37.9 Å². The van der Waals surface area contributed by atoms with Crippen molar-refractivity contribution in [2.75, 3.05) is 6.61 Å². The van der Waals surface area contributed by atoms with Gasteiger partial charge in [-0.05, 0) is 25.3 Å². The van der Waals surface area contributed by atoms with Crippen LogP contribution < -0.4 is 0 Å². The molecule has 3 rings (SSSR count). The lowest BCUT2D eigenvalue weighted by atomic mass is 10.0. The lowest BCUT2D eigenvalue weighted by Crippen LogP contribution is -2.19. The molecule has 0 amide bonds. The normalized spacial score (nSPS) is 23.9. The Balaban J connectivity index is 1.71. The van der Waals surface area contributed by atoms with Crippen LogP contribution in [0.15, 0.2) is 35.7 Å². The summed E-state index contributed by atoms with van der Waals surface area (Å²) in [5.74, 6) is 0. The molecule has 0 radical (unpaired) electrons. The Morgan fingerprint density at radius 2 is 2.20 bits per heavy atom. The number of hydrogen-bond acceptors (Lipinski definition) is 4. The quantitative estimate of drug-likeness (QED) is 0.937. The number of rotatable bonds is 4. The van der Waals surface area contributed by atoms with Crippen molar-refractivity contribution in [3.8, 4) is 0 Å². The first kappa shape index (κ1) is 13.7. The van der Waals surface area contributed by atoms with Crippen LogP contribution in [-0.2, 0) is 16.8 Å². The molecule has 1 fully saturated rings. The lowest BCUT2D eigenvalue weighted by Gasteiger charge is -2.19. The predicted octanol–water partition coefficient (Wildman–Crippen LogP) is 3.44. The second-order valence-corrected chi connectivity index (χ2v) is 6.32. The molecule has 1 N–H and O–H groups in total. The summed E-state index contributed by atoms with van der Waals surface area (Å²) in [6, 6.07) is 9.73. The summed E-state index contributed by atoms with van der Waals surface area (Å²) in [5, 5.41) is 13.3. The lowest BCUT2D eigenvalue weighted by molar-refractivity contribution is 0.0165. The summed E-state index contributed by atoms with van der Waals surface area (Å²) in [4.78, 5) is 4.66. The van der Waals surface area contributed by atoms with Gasteiger partial charge in [-0.1, -0.05) is 30.3 Å². The zero-order valence-corrected chi connectivity index (χ0v) is 12.4. The fraction of sp³-hybridized carbons (Fsp3) is 0.438. The number of ether oxygens (including phenoxy) is 1. The van der Waals surface area contributed by atoms with E-state index in [-0.39, 0.29) is 5.60 Å². The van der Waals surface area contributed by atoms with Crippen LogP contribution in [0.25, 0.3) is 0 Å². The molecule has 4 heteroatoms. The van der Waals surface area contributed by atoms with Crippen LogP contribution in [0.3, 0.4) is 0 Å². The van der Waals surface area contributed by atoms with Crippen molar-refractivity contribution in [2.24, 2.45) is 0 Å². The van der Waals surface area contributed by atoms with Gasteiger partial charge in [0.2, 0.25) is 0 Å². The van der Waals surface area contributed by atoms with Gasteiger partial charge in [-0.3, -0.25) is 0 Å². The average molecular weight is 289 g/mol. The fourth-order valence-electron chi connectivity index (χ4n) is 2.58. The summed E-state index contributed by atoms with van der Waals surface area (Å²) in [6.07, 6.45) is 2.18. The molecule has 2 aromatic rings. The van der Waals surface area contributed by atoms with Gasteiger partial charge >= 0.3 is 0 Å². The Morgan fingerprint density at radius 3 is 2.90 bits per heavy atom. The van der Waals surface area contributed by atoms with Crippen molar-refractivity contribution in [3.05, 3.63) is 52.0 Å². The molecule has 3 nitrogen and oxygen atoms in total. The Hall–Kier alpha value is -1.23. The molecule has 0 saturated carbocycles. The third-order valence-corrected chi connectivity index (χ3v) is 4.95. The number of benzene rings is 1. The molecule has 20 heavy (non-hydrogen) atoms. The van der Waals surface area contributed by atoms with Crippen LogP contribution in [0.2, 0.25) is 0 Å².